The van der Waals surface area contributed by atoms with Gasteiger partial charge in [0.25, 0.3) is 0 Å². The summed E-state index contributed by atoms with van der Waals surface area (Å²) in [5.74, 6) is 0.194. The number of hydrogen-bond donors (Lipinski definition) is 0. The topological polar surface area (TPSA) is 26.3 Å². The number of hydrogen-bond acceptors (Lipinski definition) is 3. The maximum atomic E-state index is 13.3. The molecule has 1 saturated carbocycles. The Labute approximate surface area is 130 Å². The summed E-state index contributed by atoms with van der Waals surface area (Å²) in [5, 5.41) is 3.22. The van der Waals surface area contributed by atoms with E-state index in [0.29, 0.717) is 6.61 Å². The van der Waals surface area contributed by atoms with Crippen LogP contribution in [0.4, 0.5) is 0 Å². The number of carbonyl (C=O) groups excluding carboxylic acids is 1. The minimum atomic E-state index is -0.594. The average molecular weight is 302 g/mol. The van der Waals surface area contributed by atoms with Crippen molar-refractivity contribution in [3.05, 3.63) is 35.2 Å². The summed E-state index contributed by atoms with van der Waals surface area (Å²) in [5.41, 5.74) is 0.252. The molecule has 0 N–H and O–H groups in total. The fourth-order valence-electron chi connectivity index (χ4n) is 3.43. The van der Waals surface area contributed by atoms with Gasteiger partial charge in [0.15, 0.2) is 5.78 Å². The van der Waals surface area contributed by atoms with Gasteiger partial charge in [-0.2, -0.15) is 0 Å². The first-order chi connectivity index (χ1) is 10.3. The summed E-state index contributed by atoms with van der Waals surface area (Å²) in [6.45, 7) is 2.60. The van der Waals surface area contributed by atoms with Crippen LogP contribution in [0.5, 0.6) is 0 Å². The highest BCUT2D eigenvalue weighted by molar-refractivity contribution is 7.17. The highest BCUT2D eigenvalue weighted by Gasteiger charge is 2.40. The van der Waals surface area contributed by atoms with Gasteiger partial charge in [0.2, 0.25) is 0 Å². The Balaban J connectivity index is 2.02. The quantitative estimate of drug-likeness (QED) is 0.572. The molecule has 3 heteroatoms. The highest BCUT2D eigenvalue weighted by Crippen LogP contribution is 2.36. The fraction of sp³-hybridized carbons (Fsp3) is 0.500. The second-order valence-electron chi connectivity index (χ2n) is 5.82. The maximum absolute atomic E-state index is 13.3. The van der Waals surface area contributed by atoms with Crippen LogP contribution in [-0.4, -0.2) is 18.0 Å². The second kappa shape index (κ2) is 6.29. The molecule has 0 unspecified atom stereocenters. The van der Waals surface area contributed by atoms with Gasteiger partial charge in [-0.15, -0.1) is 11.3 Å². The first-order valence-corrected chi connectivity index (χ1v) is 8.80. The van der Waals surface area contributed by atoms with Crippen LogP contribution in [0.15, 0.2) is 29.6 Å². The molecule has 1 heterocycles. The van der Waals surface area contributed by atoms with Gasteiger partial charge in [-0.3, -0.25) is 4.79 Å². The summed E-state index contributed by atoms with van der Waals surface area (Å²) in [6.07, 6.45) is 6.33. The maximum Gasteiger partial charge on any atom is 0.196 e. The number of rotatable bonds is 4. The average Bonchev–Trinajstić information content (AvgIpc) is 2.86. The molecular formula is C18H22O2S. The summed E-state index contributed by atoms with van der Waals surface area (Å²) in [7, 11) is 0. The Morgan fingerprint density at radius 3 is 2.67 bits per heavy atom. The van der Waals surface area contributed by atoms with E-state index >= 15 is 0 Å². The zero-order valence-electron chi connectivity index (χ0n) is 12.6. The molecule has 112 valence electrons. The monoisotopic (exact) mass is 302 g/mol. The molecular weight excluding hydrogens is 280 g/mol. The second-order valence-corrected chi connectivity index (χ2v) is 6.73. The fourth-order valence-corrected chi connectivity index (χ4v) is 4.34. The smallest absolute Gasteiger partial charge is 0.196 e. The van der Waals surface area contributed by atoms with Gasteiger partial charge < -0.3 is 4.74 Å². The molecule has 0 aliphatic heterocycles. The molecule has 3 rings (SSSR count). The van der Waals surface area contributed by atoms with E-state index in [-0.39, 0.29) is 5.78 Å². The molecule has 1 aliphatic carbocycles. The van der Waals surface area contributed by atoms with Crippen molar-refractivity contribution in [2.45, 2.75) is 51.0 Å². The van der Waals surface area contributed by atoms with Crippen molar-refractivity contribution < 1.29 is 9.53 Å². The number of ketones is 1. The van der Waals surface area contributed by atoms with E-state index in [9.17, 15) is 4.79 Å². The van der Waals surface area contributed by atoms with E-state index in [2.05, 4.69) is 17.5 Å². The lowest BCUT2D eigenvalue weighted by Gasteiger charge is -2.31. The normalized spacial score (nSPS) is 18.5. The van der Waals surface area contributed by atoms with Gasteiger partial charge in [-0.25, -0.2) is 0 Å². The van der Waals surface area contributed by atoms with E-state index < -0.39 is 5.60 Å². The van der Waals surface area contributed by atoms with Crippen LogP contribution in [-0.2, 0) is 4.74 Å². The molecule has 21 heavy (non-hydrogen) atoms. The van der Waals surface area contributed by atoms with Crippen molar-refractivity contribution in [3.8, 4) is 0 Å². The largest absolute Gasteiger partial charge is 0.367 e. The molecule has 0 atom stereocenters. The van der Waals surface area contributed by atoms with Crippen LogP contribution in [0.25, 0.3) is 10.1 Å². The van der Waals surface area contributed by atoms with Crippen LogP contribution in [0, 0.1) is 0 Å². The Kier molecular flexibility index (Phi) is 4.41. The van der Waals surface area contributed by atoms with Crippen molar-refractivity contribution in [3.63, 3.8) is 0 Å². The molecule has 0 radical (unpaired) electrons. The molecule has 0 amide bonds. The lowest BCUT2D eigenvalue weighted by Crippen LogP contribution is -2.41. The zero-order valence-corrected chi connectivity index (χ0v) is 13.4. The van der Waals surface area contributed by atoms with Gasteiger partial charge in [-0.05, 0) is 42.7 Å². The molecule has 1 aromatic heterocycles. The van der Waals surface area contributed by atoms with Gasteiger partial charge in [-0.1, -0.05) is 37.8 Å². The summed E-state index contributed by atoms with van der Waals surface area (Å²) < 4.78 is 7.15. The minimum Gasteiger partial charge on any atom is -0.367 e. The van der Waals surface area contributed by atoms with E-state index in [1.807, 2.05) is 19.1 Å². The van der Waals surface area contributed by atoms with E-state index in [1.54, 1.807) is 11.3 Å². The SMILES string of the molecule is CCOC1(C(=O)c2cccc3ccsc23)CCCCCC1. The third-order valence-corrected chi connectivity index (χ3v) is 5.43. The predicted molar refractivity (Wildman–Crippen MR) is 88.2 cm³/mol. The Hall–Kier alpha value is -1.19. The van der Waals surface area contributed by atoms with Crippen LogP contribution < -0.4 is 0 Å². The van der Waals surface area contributed by atoms with Gasteiger partial charge >= 0.3 is 0 Å². The number of fused-ring (bicyclic) bond motifs is 1. The third-order valence-electron chi connectivity index (χ3n) is 4.47. The van der Waals surface area contributed by atoms with Gasteiger partial charge in [0.05, 0.1) is 0 Å². The molecule has 0 spiro atoms. The van der Waals surface area contributed by atoms with Crippen LogP contribution in [0.1, 0.15) is 55.8 Å². The highest BCUT2D eigenvalue weighted by atomic mass is 32.1. The number of ether oxygens (including phenoxy) is 1. The summed E-state index contributed by atoms with van der Waals surface area (Å²) >= 11 is 1.65. The zero-order chi connectivity index (χ0) is 14.7. The number of benzene rings is 1. The van der Waals surface area contributed by atoms with Gasteiger partial charge in [0.1, 0.15) is 5.60 Å². The number of Topliss-reactive ketones (excluding diaryl/α,β-unsaturated/α-hetero) is 1. The Morgan fingerprint density at radius 1 is 1.19 bits per heavy atom. The van der Waals surface area contributed by atoms with Crippen LogP contribution in [0.3, 0.4) is 0 Å². The van der Waals surface area contributed by atoms with Crippen molar-refractivity contribution in [2.75, 3.05) is 6.61 Å². The molecule has 0 saturated heterocycles. The third kappa shape index (κ3) is 2.77. The lowest BCUT2D eigenvalue weighted by molar-refractivity contribution is -0.0291. The number of carbonyl (C=O) groups is 1. The molecule has 1 fully saturated rings. The van der Waals surface area contributed by atoms with Crippen molar-refractivity contribution >= 4 is 27.2 Å². The number of thiophene rings is 1. The lowest BCUT2D eigenvalue weighted by atomic mass is 9.85. The first kappa shape index (κ1) is 14.7. The van der Waals surface area contributed by atoms with E-state index in [1.165, 1.54) is 12.8 Å². The van der Waals surface area contributed by atoms with Crippen molar-refractivity contribution in [1.29, 1.82) is 0 Å². The van der Waals surface area contributed by atoms with Crippen LogP contribution >= 0.6 is 11.3 Å². The predicted octanol–water partition coefficient (Wildman–Crippen LogP) is 5.21. The van der Waals surface area contributed by atoms with Crippen LogP contribution in [0.2, 0.25) is 0 Å². The molecule has 0 bridgehead atoms. The van der Waals surface area contributed by atoms with Gasteiger partial charge in [0, 0.05) is 16.9 Å². The Morgan fingerprint density at radius 2 is 1.95 bits per heavy atom. The van der Waals surface area contributed by atoms with Crippen molar-refractivity contribution in [1.82, 2.24) is 0 Å². The van der Waals surface area contributed by atoms with E-state index in [0.717, 1.165) is 41.3 Å². The first-order valence-electron chi connectivity index (χ1n) is 7.92. The molecule has 2 aromatic rings. The Bertz CT molecular complexity index is 621. The van der Waals surface area contributed by atoms with Crippen molar-refractivity contribution in [2.24, 2.45) is 0 Å². The minimum absolute atomic E-state index is 0.194. The summed E-state index contributed by atoms with van der Waals surface area (Å²) in [4.78, 5) is 13.3. The van der Waals surface area contributed by atoms with E-state index in [4.69, 9.17) is 4.74 Å². The molecule has 2 nitrogen and oxygen atoms in total. The standard InChI is InChI=1S/C18H22O2S/c1-2-20-18(11-5-3-4-6-12-18)17(19)15-9-7-8-14-10-13-21-16(14)15/h7-10,13H,2-6,11-12H2,1H3. The molecule has 1 aliphatic rings. The molecule has 1 aromatic carbocycles. The summed E-state index contributed by atoms with van der Waals surface area (Å²) in [6, 6.07) is 8.10.